The molecule has 1 fully saturated rings. The van der Waals surface area contributed by atoms with Crippen molar-refractivity contribution < 1.29 is 0 Å². The zero-order valence-corrected chi connectivity index (χ0v) is 10.1. The normalized spacial score (nSPS) is 22.6. The molecule has 0 aromatic heterocycles. The van der Waals surface area contributed by atoms with Crippen LogP contribution in [0.1, 0.15) is 12.8 Å². The lowest BCUT2D eigenvalue weighted by atomic mass is 10.4. The average molecular weight is 205 g/mol. The zero-order valence-electron chi connectivity index (χ0n) is 9.09. The maximum atomic E-state index is 3.66. The molecular formula is C12H19NSi. The minimum Gasteiger partial charge on any atom is -0.316 e. The molecule has 0 saturated carbocycles. The largest absolute Gasteiger partial charge is 0.316 e. The van der Waals surface area contributed by atoms with Gasteiger partial charge in [-0.25, -0.2) is 0 Å². The van der Waals surface area contributed by atoms with Crippen LogP contribution in [0.2, 0.25) is 13.1 Å². The number of rotatable bonds is 2. The van der Waals surface area contributed by atoms with Crippen LogP contribution in [-0.4, -0.2) is 20.3 Å². The van der Waals surface area contributed by atoms with Crippen molar-refractivity contribution >= 4 is 13.3 Å². The van der Waals surface area contributed by atoms with Crippen LogP contribution < -0.4 is 10.5 Å². The molecule has 0 spiro atoms. The van der Waals surface area contributed by atoms with E-state index in [9.17, 15) is 0 Å². The molecule has 1 saturated heterocycles. The maximum absolute atomic E-state index is 3.66. The second-order valence-corrected chi connectivity index (χ2v) is 9.45. The van der Waals surface area contributed by atoms with E-state index in [1.165, 1.54) is 19.4 Å². The predicted molar refractivity (Wildman–Crippen MR) is 64.6 cm³/mol. The summed E-state index contributed by atoms with van der Waals surface area (Å²) in [5.41, 5.74) is 0.782. The van der Waals surface area contributed by atoms with E-state index >= 15 is 0 Å². The highest BCUT2D eigenvalue weighted by atomic mass is 28.3. The van der Waals surface area contributed by atoms with Gasteiger partial charge < -0.3 is 5.32 Å². The number of hydrogen-bond acceptors (Lipinski definition) is 1. The van der Waals surface area contributed by atoms with Gasteiger partial charge in [0.2, 0.25) is 0 Å². The van der Waals surface area contributed by atoms with Crippen LogP contribution in [0.15, 0.2) is 30.3 Å². The molecule has 2 rings (SSSR count). The molecule has 1 aromatic carbocycles. The highest BCUT2D eigenvalue weighted by molar-refractivity contribution is 6.91. The monoisotopic (exact) mass is 205 g/mol. The second kappa shape index (κ2) is 3.87. The van der Waals surface area contributed by atoms with Crippen molar-refractivity contribution in [1.29, 1.82) is 0 Å². The van der Waals surface area contributed by atoms with Crippen molar-refractivity contribution in [3.8, 4) is 0 Å². The van der Waals surface area contributed by atoms with Crippen LogP contribution in [0.5, 0.6) is 0 Å². The number of benzene rings is 1. The summed E-state index contributed by atoms with van der Waals surface area (Å²) in [5.74, 6) is 0. The molecule has 14 heavy (non-hydrogen) atoms. The number of hydrogen-bond donors (Lipinski definition) is 1. The van der Waals surface area contributed by atoms with Crippen LogP contribution in [-0.2, 0) is 0 Å². The van der Waals surface area contributed by atoms with Crippen LogP contribution in [0, 0.1) is 0 Å². The SMILES string of the molecule is C[Si](C)(c1ccccc1)[C@H]1CCCN1. The van der Waals surface area contributed by atoms with E-state index in [0.29, 0.717) is 0 Å². The molecular weight excluding hydrogens is 186 g/mol. The molecule has 0 unspecified atom stereocenters. The summed E-state index contributed by atoms with van der Waals surface area (Å²) in [4.78, 5) is 0. The van der Waals surface area contributed by atoms with Crippen molar-refractivity contribution in [2.45, 2.75) is 31.6 Å². The Bertz CT molecular complexity index is 288. The Hall–Kier alpha value is -0.603. The molecule has 1 aliphatic heterocycles. The van der Waals surface area contributed by atoms with Crippen LogP contribution in [0.25, 0.3) is 0 Å². The van der Waals surface area contributed by atoms with Gasteiger partial charge in [-0.15, -0.1) is 0 Å². The first-order valence-corrected chi connectivity index (χ1v) is 8.58. The van der Waals surface area contributed by atoms with Gasteiger partial charge in [0.05, 0.1) is 8.07 Å². The third kappa shape index (κ3) is 1.77. The highest BCUT2D eigenvalue weighted by Gasteiger charge is 2.34. The fourth-order valence-corrected chi connectivity index (χ4v) is 5.40. The van der Waals surface area contributed by atoms with Gasteiger partial charge in [-0.2, -0.15) is 0 Å². The third-order valence-electron chi connectivity index (χ3n) is 3.45. The molecule has 76 valence electrons. The van der Waals surface area contributed by atoms with Crippen molar-refractivity contribution in [1.82, 2.24) is 5.32 Å². The third-order valence-corrected chi connectivity index (χ3v) is 7.51. The fourth-order valence-electron chi connectivity index (χ4n) is 2.37. The molecule has 0 radical (unpaired) electrons. The summed E-state index contributed by atoms with van der Waals surface area (Å²) in [6.07, 6.45) is 2.72. The Morgan fingerprint density at radius 3 is 2.50 bits per heavy atom. The van der Waals surface area contributed by atoms with Gasteiger partial charge in [-0.1, -0.05) is 48.6 Å². The molecule has 1 nitrogen and oxygen atoms in total. The van der Waals surface area contributed by atoms with E-state index in [2.05, 4.69) is 48.7 Å². The van der Waals surface area contributed by atoms with Gasteiger partial charge in [-0.05, 0) is 19.4 Å². The predicted octanol–water partition coefficient (Wildman–Crippen LogP) is 1.89. The number of nitrogens with one attached hydrogen (secondary N) is 1. The van der Waals surface area contributed by atoms with Gasteiger partial charge in [0.25, 0.3) is 0 Å². The molecule has 2 heteroatoms. The minimum atomic E-state index is -1.26. The Balaban J connectivity index is 2.22. The smallest absolute Gasteiger partial charge is 0.0983 e. The van der Waals surface area contributed by atoms with Gasteiger partial charge in [0.1, 0.15) is 0 Å². The van der Waals surface area contributed by atoms with Crippen molar-refractivity contribution in [2.75, 3.05) is 6.54 Å². The van der Waals surface area contributed by atoms with E-state index in [0.717, 1.165) is 5.67 Å². The molecule has 0 bridgehead atoms. The Morgan fingerprint density at radius 1 is 1.21 bits per heavy atom. The van der Waals surface area contributed by atoms with Gasteiger partial charge >= 0.3 is 0 Å². The van der Waals surface area contributed by atoms with E-state index < -0.39 is 8.07 Å². The van der Waals surface area contributed by atoms with E-state index in [4.69, 9.17) is 0 Å². The quantitative estimate of drug-likeness (QED) is 0.727. The molecule has 1 heterocycles. The lowest BCUT2D eigenvalue weighted by Gasteiger charge is -2.30. The first-order valence-electron chi connectivity index (χ1n) is 5.50. The van der Waals surface area contributed by atoms with Gasteiger partial charge in [0, 0.05) is 5.67 Å². The summed E-state index contributed by atoms with van der Waals surface area (Å²) in [5, 5.41) is 5.24. The Kier molecular flexibility index (Phi) is 2.75. The molecule has 0 amide bonds. The molecule has 1 aliphatic rings. The lowest BCUT2D eigenvalue weighted by molar-refractivity contribution is 0.768. The summed E-state index contributed by atoms with van der Waals surface area (Å²) in [6.45, 7) is 6.17. The van der Waals surface area contributed by atoms with Gasteiger partial charge in [0.15, 0.2) is 0 Å². The van der Waals surface area contributed by atoms with Gasteiger partial charge in [-0.3, -0.25) is 0 Å². The topological polar surface area (TPSA) is 12.0 Å². The van der Waals surface area contributed by atoms with Crippen LogP contribution >= 0.6 is 0 Å². The zero-order chi connectivity index (χ0) is 10.0. The Morgan fingerprint density at radius 2 is 1.93 bits per heavy atom. The summed E-state index contributed by atoms with van der Waals surface area (Å²) in [7, 11) is -1.26. The van der Waals surface area contributed by atoms with E-state index in [1.807, 2.05) is 0 Å². The minimum absolute atomic E-state index is 0.782. The Labute approximate surface area is 87.5 Å². The lowest BCUT2D eigenvalue weighted by Crippen LogP contribution is -2.56. The highest BCUT2D eigenvalue weighted by Crippen LogP contribution is 2.17. The first-order chi connectivity index (χ1) is 6.71. The molecule has 1 N–H and O–H groups in total. The van der Waals surface area contributed by atoms with Crippen LogP contribution in [0.4, 0.5) is 0 Å². The van der Waals surface area contributed by atoms with Crippen molar-refractivity contribution in [3.05, 3.63) is 30.3 Å². The fraction of sp³-hybridized carbons (Fsp3) is 0.500. The summed E-state index contributed by atoms with van der Waals surface area (Å²) >= 11 is 0. The molecule has 1 atom stereocenters. The van der Waals surface area contributed by atoms with Crippen molar-refractivity contribution in [3.63, 3.8) is 0 Å². The first kappa shape index (κ1) is 9.93. The van der Waals surface area contributed by atoms with Crippen molar-refractivity contribution in [2.24, 2.45) is 0 Å². The molecule has 1 aromatic rings. The van der Waals surface area contributed by atoms with Crippen LogP contribution in [0.3, 0.4) is 0 Å². The maximum Gasteiger partial charge on any atom is 0.0983 e. The second-order valence-electron chi connectivity index (χ2n) is 4.74. The summed E-state index contributed by atoms with van der Waals surface area (Å²) in [6, 6.07) is 11.0. The standard InChI is InChI=1S/C12H19NSi/c1-14(2,12-9-6-10-13-12)11-7-4-3-5-8-11/h3-5,7-8,12-13H,6,9-10H2,1-2H3/t12-/m0/s1. The van der Waals surface area contributed by atoms with E-state index in [1.54, 1.807) is 5.19 Å². The average Bonchev–Trinajstić information content (AvgIpc) is 2.72. The van der Waals surface area contributed by atoms with E-state index in [-0.39, 0.29) is 0 Å². The summed E-state index contributed by atoms with van der Waals surface area (Å²) < 4.78 is 0. The molecule has 0 aliphatic carbocycles.